The topological polar surface area (TPSA) is 0 Å². The predicted octanol–water partition coefficient (Wildman–Crippen LogP) is 7.07. The van der Waals surface area contributed by atoms with Gasteiger partial charge in [-0.1, -0.05) is 41.5 Å². The Bertz CT molecular complexity index is 399. The van der Waals surface area contributed by atoms with Crippen LogP contribution in [0.1, 0.15) is 67.2 Å². The number of allylic oxidation sites excluding steroid dienone is 8. The molecule has 23 heavy (non-hydrogen) atoms. The molecule has 130 valence electrons. The normalized spacial score (nSPS) is 15.4. The summed E-state index contributed by atoms with van der Waals surface area (Å²) in [6, 6.07) is 0. The van der Waals surface area contributed by atoms with Gasteiger partial charge in [-0.25, -0.2) is 23.3 Å². The van der Waals surface area contributed by atoms with Gasteiger partial charge in [0.15, 0.2) is 0 Å². The predicted molar refractivity (Wildman–Crippen MR) is 104 cm³/mol. The van der Waals surface area contributed by atoms with Crippen LogP contribution < -0.4 is 0 Å². The van der Waals surface area contributed by atoms with Crippen LogP contribution in [-0.4, -0.2) is 0 Å². The summed E-state index contributed by atoms with van der Waals surface area (Å²) in [5.41, 5.74) is 3.45. The summed E-state index contributed by atoms with van der Waals surface area (Å²) in [7, 11) is 0. The van der Waals surface area contributed by atoms with E-state index in [2.05, 4.69) is 78.0 Å². The number of rotatable bonds is 4. The van der Waals surface area contributed by atoms with Gasteiger partial charge in [-0.2, -0.15) is 12.2 Å². The van der Waals surface area contributed by atoms with E-state index in [0.717, 1.165) is 12.8 Å². The summed E-state index contributed by atoms with van der Waals surface area (Å²) in [6.45, 7) is 13.5. The maximum atomic E-state index is 3.35. The van der Waals surface area contributed by atoms with Crippen LogP contribution in [0.2, 0.25) is 0 Å². The third-order valence-electron chi connectivity index (χ3n) is 4.62. The van der Waals surface area contributed by atoms with Gasteiger partial charge in [0, 0.05) is 0 Å². The van der Waals surface area contributed by atoms with Crippen molar-refractivity contribution in [2.24, 2.45) is 10.8 Å². The molecule has 0 aromatic rings. The van der Waals surface area contributed by atoms with Gasteiger partial charge in [0.1, 0.15) is 0 Å². The zero-order valence-electron chi connectivity index (χ0n) is 15.5. The van der Waals surface area contributed by atoms with Crippen LogP contribution in [0.25, 0.3) is 0 Å². The van der Waals surface area contributed by atoms with Crippen molar-refractivity contribution in [2.75, 3.05) is 0 Å². The molecule has 0 amide bonds. The second-order valence-electron chi connectivity index (χ2n) is 6.87. The smallest absolute Gasteiger partial charge is 0.269 e. The van der Waals surface area contributed by atoms with E-state index in [9.17, 15) is 0 Å². The first-order valence-electron chi connectivity index (χ1n) is 7.89. The quantitative estimate of drug-likeness (QED) is 0.415. The van der Waals surface area contributed by atoms with Crippen molar-refractivity contribution >= 4 is 24.8 Å². The maximum absolute atomic E-state index is 3.35. The first kappa shape index (κ1) is 28.2. The molecule has 0 atom stereocenters. The second kappa shape index (κ2) is 12.7. The Labute approximate surface area is 175 Å². The van der Waals surface area contributed by atoms with Crippen LogP contribution >= 0.6 is 24.8 Å². The molecule has 0 radical (unpaired) electrons. The molecule has 0 aromatic heterocycles. The molecule has 0 unspecified atom stereocenters. The van der Waals surface area contributed by atoms with E-state index < -0.39 is 0 Å². The van der Waals surface area contributed by atoms with Crippen LogP contribution in [0.15, 0.2) is 35.5 Å². The molecule has 0 bridgehead atoms. The van der Waals surface area contributed by atoms with Crippen molar-refractivity contribution in [3.63, 3.8) is 0 Å². The molecule has 0 aromatic carbocycles. The Balaban J connectivity index is -0.000000308. The molecule has 0 fully saturated rings. The van der Waals surface area contributed by atoms with E-state index in [1.165, 1.54) is 24.0 Å². The average Bonchev–Trinajstić information content (AvgIpc) is 3.12. The monoisotopic (exact) mass is 432 g/mol. The molecule has 0 saturated heterocycles. The molecule has 0 aliphatic heterocycles. The molecule has 0 spiro atoms. The average molecular weight is 435 g/mol. The summed E-state index contributed by atoms with van der Waals surface area (Å²) in [6.07, 6.45) is 19.9. The minimum atomic E-state index is 0. The standard InChI is InChI=1S/2C10H15.2ClH.Zr/c2*1-4-10(2,3)9-7-5-6-8-9;;;/h2*5,7H,4,6H2,1-3H3;2*1H;/q2*-1;;;+2. The zero-order chi connectivity index (χ0) is 15.2. The fourth-order valence-corrected chi connectivity index (χ4v) is 2.12. The summed E-state index contributed by atoms with van der Waals surface area (Å²) < 4.78 is 0. The molecule has 2 aliphatic rings. The van der Waals surface area contributed by atoms with Crippen molar-refractivity contribution < 1.29 is 26.2 Å². The molecule has 2 rings (SSSR count). The van der Waals surface area contributed by atoms with Gasteiger partial charge in [0.05, 0.1) is 0 Å². The van der Waals surface area contributed by atoms with Gasteiger partial charge in [0.2, 0.25) is 0 Å². The third-order valence-corrected chi connectivity index (χ3v) is 4.62. The first-order chi connectivity index (χ1) is 9.33. The number of halogens is 2. The van der Waals surface area contributed by atoms with Gasteiger partial charge >= 0.3 is 26.2 Å². The van der Waals surface area contributed by atoms with Crippen LogP contribution in [-0.2, 0) is 26.2 Å². The molecule has 0 saturated carbocycles. The summed E-state index contributed by atoms with van der Waals surface area (Å²) in [5.74, 6) is 0. The van der Waals surface area contributed by atoms with E-state index in [4.69, 9.17) is 0 Å². The second-order valence-corrected chi connectivity index (χ2v) is 6.87. The Morgan fingerprint density at radius 2 is 1.09 bits per heavy atom. The van der Waals surface area contributed by atoms with E-state index in [-0.39, 0.29) is 51.0 Å². The van der Waals surface area contributed by atoms with Crippen molar-refractivity contribution in [3.8, 4) is 0 Å². The van der Waals surface area contributed by atoms with Crippen molar-refractivity contribution in [2.45, 2.75) is 67.2 Å². The summed E-state index contributed by atoms with van der Waals surface area (Å²) in [5, 5.41) is 0. The van der Waals surface area contributed by atoms with Crippen LogP contribution in [0.5, 0.6) is 0 Å². The van der Waals surface area contributed by atoms with Gasteiger partial charge in [-0.05, 0) is 23.7 Å². The van der Waals surface area contributed by atoms with Crippen LogP contribution in [0.4, 0.5) is 0 Å². The fraction of sp³-hybridized carbons (Fsp3) is 0.600. The van der Waals surface area contributed by atoms with Crippen molar-refractivity contribution in [1.82, 2.24) is 0 Å². The summed E-state index contributed by atoms with van der Waals surface area (Å²) >= 11 is 0. The largest absolute Gasteiger partial charge is 2.00 e. The number of hydrogen-bond acceptors (Lipinski definition) is 0. The van der Waals surface area contributed by atoms with Gasteiger partial charge < -0.3 is 0 Å². The van der Waals surface area contributed by atoms with E-state index >= 15 is 0 Å². The molecule has 0 nitrogen and oxygen atoms in total. The summed E-state index contributed by atoms with van der Waals surface area (Å²) in [4.78, 5) is 0. The minimum Gasteiger partial charge on any atom is -0.269 e. The Morgan fingerprint density at radius 1 is 0.783 bits per heavy atom. The zero-order valence-corrected chi connectivity index (χ0v) is 19.5. The molecule has 3 heteroatoms. The van der Waals surface area contributed by atoms with E-state index in [0.29, 0.717) is 10.8 Å². The van der Waals surface area contributed by atoms with E-state index in [1.807, 2.05) is 0 Å². The maximum Gasteiger partial charge on any atom is 2.00 e. The SMILES string of the molecule is CCC(C)(C)C1=[C-]CC=C1.CCC(C)(C)C1=[C-]CC=C1.Cl.Cl.[Zr+2]. The van der Waals surface area contributed by atoms with Gasteiger partial charge in [0.25, 0.3) is 0 Å². The van der Waals surface area contributed by atoms with Crippen LogP contribution in [0.3, 0.4) is 0 Å². The Hall–Kier alpha value is 0.423. The molecule has 2 aliphatic carbocycles. The Kier molecular flexibility index (Phi) is 15.6. The van der Waals surface area contributed by atoms with Crippen LogP contribution in [0, 0.1) is 23.0 Å². The third kappa shape index (κ3) is 8.90. The molecular formula is C20H32Cl2Zr. The minimum absolute atomic E-state index is 0. The Morgan fingerprint density at radius 3 is 1.26 bits per heavy atom. The first-order valence-corrected chi connectivity index (χ1v) is 7.89. The fourth-order valence-electron chi connectivity index (χ4n) is 2.12. The number of hydrogen-bond donors (Lipinski definition) is 0. The van der Waals surface area contributed by atoms with Crippen molar-refractivity contribution in [1.29, 1.82) is 0 Å². The van der Waals surface area contributed by atoms with E-state index in [1.54, 1.807) is 0 Å². The van der Waals surface area contributed by atoms with Crippen molar-refractivity contribution in [3.05, 3.63) is 47.6 Å². The molecule has 0 heterocycles. The van der Waals surface area contributed by atoms with Gasteiger partial charge in [-0.15, -0.1) is 37.7 Å². The molecular weight excluding hydrogens is 402 g/mol. The molecule has 0 N–H and O–H groups in total. The van der Waals surface area contributed by atoms with Gasteiger partial charge in [-0.3, -0.25) is 12.2 Å².